The molecule has 106 valence electrons. The molecule has 0 aromatic heterocycles. The molecule has 1 nitrogen and oxygen atoms in total. The second-order valence-corrected chi connectivity index (χ2v) is 7.03. The molecule has 0 spiro atoms. The lowest BCUT2D eigenvalue weighted by atomic mass is 9.99. The van der Waals surface area contributed by atoms with Gasteiger partial charge in [0.15, 0.2) is 0 Å². The summed E-state index contributed by atoms with van der Waals surface area (Å²) in [6.07, 6.45) is 3.97. The summed E-state index contributed by atoms with van der Waals surface area (Å²) in [5.41, 5.74) is 0.180. The number of hydrogen-bond donors (Lipinski definition) is 1. The van der Waals surface area contributed by atoms with Gasteiger partial charge in [0.05, 0.1) is 4.47 Å². The fourth-order valence-electron chi connectivity index (χ4n) is 2.48. The monoisotopic (exact) mass is 349 g/mol. The minimum absolute atomic E-state index is 0.114. The van der Waals surface area contributed by atoms with E-state index in [-0.39, 0.29) is 11.6 Å². The Morgan fingerprint density at radius 2 is 2.21 bits per heavy atom. The van der Waals surface area contributed by atoms with Crippen molar-refractivity contribution < 1.29 is 8.78 Å². The predicted molar refractivity (Wildman–Crippen MR) is 80.7 cm³/mol. The van der Waals surface area contributed by atoms with Crippen LogP contribution in [-0.2, 0) is 6.42 Å². The molecule has 0 aliphatic carbocycles. The molecule has 1 aromatic carbocycles. The Morgan fingerprint density at radius 3 is 2.84 bits per heavy atom. The van der Waals surface area contributed by atoms with E-state index in [1.54, 1.807) is 0 Å². The van der Waals surface area contributed by atoms with Gasteiger partial charge in [-0.25, -0.2) is 8.78 Å². The zero-order valence-corrected chi connectivity index (χ0v) is 13.3. The van der Waals surface area contributed by atoms with Gasteiger partial charge in [0.2, 0.25) is 0 Å². The molecule has 0 radical (unpaired) electrons. The summed E-state index contributed by atoms with van der Waals surface area (Å²) >= 11 is 5.03. The lowest BCUT2D eigenvalue weighted by Crippen LogP contribution is -2.39. The molecule has 1 aliphatic heterocycles. The zero-order valence-electron chi connectivity index (χ0n) is 10.9. The molecule has 2 atom stereocenters. The summed E-state index contributed by atoms with van der Waals surface area (Å²) in [6.45, 7) is 0. The number of halogens is 3. The minimum Gasteiger partial charge on any atom is -0.316 e. The van der Waals surface area contributed by atoms with Crippen LogP contribution in [0.5, 0.6) is 0 Å². The Kier molecular flexibility index (Phi) is 5.66. The van der Waals surface area contributed by atoms with Crippen molar-refractivity contribution in [2.45, 2.75) is 37.0 Å². The second kappa shape index (κ2) is 7.04. The highest BCUT2D eigenvalue weighted by Gasteiger charge is 2.25. The van der Waals surface area contributed by atoms with E-state index in [1.165, 1.54) is 25.0 Å². The van der Waals surface area contributed by atoms with Gasteiger partial charge < -0.3 is 5.32 Å². The first kappa shape index (κ1) is 15.3. The summed E-state index contributed by atoms with van der Waals surface area (Å²) in [5, 5.41) is 3.67. The van der Waals surface area contributed by atoms with Crippen molar-refractivity contribution in [1.82, 2.24) is 5.32 Å². The van der Waals surface area contributed by atoms with Gasteiger partial charge in [-0.1, -0.05) is 6.42 Å². The van der Waals surface area contributed by atoms with E-state index in [0.29, 0.717) is 16.1 Å². The third kappa shape index (κ3) is 3.70. The molecule has 2 unspecified atom stereocenters. The Morgan fingerprint density at radius 1 is 1.42 bits per heavy atom. The first-order valence-electron chi connectivity index (χ1n) is 6.54. The second-order valence-electron chi connectivity index (χ2n) is 4.83. The van der Waals surface area contributed by atoms with Gasteiger partial charge in [-0.15, -0.1) is 0 Å². The van der Waals surface area contributed by atoms with Crippen LogP contribution >= 0.6 is 27.7 Å². The maximum Gasteiger partial charge on any atom is 0.143 e. The smallest absolute Gasteiger partial charge is 0.143 e. The summed E-state index contributed by atoms with van der Waals surface area (Å²) < 4.78 is 28.1. The quantitative estimate of drug-likeness (QED) is 0.819. The zero-order chi connectivity index (χ0) is 13.8. The Balaban J connectivity index is 2.15. The van der Waals surface area contributed by atoms with Crippen molar-refractivity contribution in [3.8, 4) is 0 Å². The lowest BCUT2D eigenvalue weighted by molar-refractivity contribution is 0.468. The fourth-order valence-corrected chi connectivity index (χ4v) is 4.32. The highest BCUT2D eigenvalue weighted by atomic mass is 79.9. The van der Waals surface area contributed by atoms with Crippen LogP contribution in [-0.4, -0.2) is 24.1 Å². The average molecular weight is 350 g/mol. The molecule has 0 bridgehead atoms. The highest BCUT2D eigenvalue weighted by Crippen LogP contribution is 2.30. The van der Waals surface area contributed by atoms with E-state index >= 15 is 0 Å². The Labute approximate surface area is 125 Å². The molecule has 1 N–H and O–H groups in total. The van der Waals surface area contributed by atoms with Gasteiger partial charge in [-0.3, -0.25) is 0 Å². The molecular weight excluding hydrogens is 332 g/mol. The number of rotatable bonds is 4. The van der Waals surface area contributed by atoms with Crippen molar-refractivity contribution >= 4 is 27.7 Å². The third-order valence-corrected chi connectivity index (χ3v) is 5.73. The molecule has 1 saturated heterocycles. The van der Waals surface area contributed by atoms with E-state index in [0.717, 1.165) is 12.2 Å². The first-order valence-corrected chi connectivity index (χ1v) is 8.39. The fraction of sp³-hybridized carbons (Fsp3) is 0.571. The van der Waals surface area contributed by atoms with Gasteiger partial charge >= 0.3 is 0 Å². The molecule has 1 aliphatic rings. The van der Waals surface area contributed by atoms with Crippen LogP contribution in [0.3, 0.4) is 0 Å². The van der Waals surface area contributed by atoms with Gasteiger partial charge in [0.1, 0.15) is 11.6 Å². The number of likely N-dealkylation sites (N-methyl/N-ethyl adjacent to an activating group) is 1. The molecule has 1 fully saturated rings. The highest BCUT2D eigenvalue weighted by molar-refractivity contribution is 9.10. The molecule has 1 aromatic rings. The lowest BCUT2D eigenvalue weighted by Gasteiger charge is -2.30. The van der Waals surface area contributed by atoms with E-state index < -0.39 is 11.6 Å². The molecule has 2 rings (SSSR count). The molecule has 0 saturated carbocycles. The van der Waals surface area contributed by atoms with Crippen LogP contribution in [0.2, 0.25) is 0 Å². The van der Waals surface area contributed by atoms with Crippen LogP contribution in [0.15, 0.2) is 16.6 Å². The molecule has 19 heavy (non-hydrogen) atoms. The average Bonchev–Trinajstić information content (AvgIpc) is 2.44. The number of hydrogen-bond acceptors (Lipinski definition) is 2. The topological polar surface area (TPSA) is 12.0 Å². The minimum atomic E-state index is -0.471. The number of nitrogens with one attached hydrogen (secondary N) is 1. The van der Waals surface area contributed by atoms with Gasteiger partial charge in [-0.05, 0) is 60.1 Å². The summed E-state index contributed by atoms with van der Waals surface area (Å²) in [5.74, 6) is 0.217. The van der Waals surface area contributed by atoms with Crippen molar-refractivity contribution in [3.63, 3.8) is 0 Å². The summed E-state index contributed by atoms with van der Waals surface area (Å²) in [4.78, 5) is 0. The van der Waals surface area contributed by atoms with Gasteiger partial charge in [0.25, 0.3) is 0 Å². The standard InChI is InChI=1S/C14H18BrF2NS/c1-18-12(13-4-2-3-7-19-13)8-9-11(16)6-5-10(15)14(9)17/h5-6,12-13,18H,2-4,7-8H2,1H3. The van der Waals surface area contributed by atoms with Crippen molar-refractivity contribution in [1.29, 1.82) is 0 Å². The number of benzene rings is 1. The SMILES string of the molecule is CNC(Cc1c(F)ccc(Br)c1F)C1CCCCS1. The van der Waals surface area contributed by atoms with E-state index in [1.807, 2.05) is 18.8 Å². The molecular formula is C14H18BrF2NS. The van der Waals surface area contributed by atoms with Crippen LogP contribution in [0, 0.1) is 11.6 Å². The summed E-state index contributed by atoms with van der Waals surface area (Å²) in [7, 11) is 1.87. The molecule has 5 heteroatoms. The molecule has 0 amide bonds. The predicted octanol–water partition coefficient (Wildman–Crippen LogP) is 4.14. The van der Waals surface area contributed by atoms with Gasteiger partial charge in [0, 0.05) is 16.9 Å². The van der Waals surface area contributed by atoms with Crippen LogP contribution in [0.4, 0.5) is 8.78 Å². The third-order valence-electron chi connectivity index (χ3n) is 3.60. The van der Waals surface area contributed by atoms with Crippen molar-refractivity contribution in [2.24, 2.45) is 0 Å². The van der Waals surface area contributed by atoms with Crippen molar-refractivity contribution in [3.05, 3.63) is 33.8 Å². The molecule has 1 heterocycles. The maximum absolute atomic E-state index is 14.0. The van der Waals surface area contributed by atoms with E-state index in [9.17, 15) is 8.78 Å². The normalized spacial score (nSPS) is 21.4. The van der Waals surface area contributed by atoms with Crippen molar-refractivity contribution in [2.75, 3.05) is 12.8 Å². The Hall–Kier alpha value is -0.130. The van der Waals surface area contributed by atoms with E-state index in [4.69, 9.17) is 0 Å². The number of thioether (sulfide) groups is 1. The van der Waals surface area contributed by atoms with E-state index in [2.05, 4.69) is 21.2 Å². The largest absolute Gasteiger partial charge is 0.316 e. The van der Waals surface area contributed by atoms with Crippen LogP contribution in [0.25, 0.3) is 0 Å². The maximum atomic E-state index is 14.0. The van der Waals surface area contributed by atoms with Crippen LogP contribution < -0.4 is 5.32 Å². The van der Waals surface area contributed by atoms with Crippen LogP contribution in [0.1, 0.15) is 24.8 Å². The van der Waals surface area contributed by atoms with Gasteiger partial charge in [-0.2, -0.15) is 11.8 Å². The summed E-state index contributed by atoms with van der Waals surface area (Å²) in [6, 6.07) is 2.85. The first-order chi connectivity index (χ1) is 9.13. The Bertz CT molecular complexity index is 436.